The highest BCUT2D eigenvalue weighted by atomic mass is 15.2. The average Bonchev–Trinajstić information content (AvgIpc) is 2.85. The van der Waals surface area contributed by atoms with Crippen LogP contribution in [0.2, 0.25) is 0 Å². The molecule has 2 rings (SSSR count). The predicted molar refractivity (Wildman–Crippen MR) is 55.8 cm³/mol. The molecule has 0 bridgehead atoms. The average molecular weight is 182 g/mol. The smallest absolute Gasteiger partial charge is 0.0223 e. The van der Waals surface area contributed by atoms with Crippen LogP contribution in [0.15, 0.2) is 0 Å². The summed E-state index contributed by atoms with van der Waals surface area (Å²) in [5.74, 6) is 0.991. The second kappa shape index (κ2) is 3.25. The van der Waals surface area contributed by atoms with Crippen molar-refractivity contribution in [2.45, 2.75) is 45.2 Å². The molecule has 0 amide bonds. The molecule has 0 aromatic heterocycles. The molecule has 0 aromatic rings. The molecule has 1 aliphatic heterocycles. The lowest BCUT2D eigenvalue weighted by molar-refractivity contribution is 0.0903. The van der Waals surface area contributed by atoms with E-state index in [4.69, 9.17) is 0 Å². The zero-order valence-electron chi connectivity index (χ0n) is 9.14. The van der Waals surface area contributed by atoms with Gasteiger partial charge in [0.2, 0.25) is 0 Å². The van der Waals surface area contributed by atoms with Crippen molar-refractivity contribution in [3.8, 4) is 0 Å². The second-order valence-corrected chi connectivity index (χ2v) is 5.51. The van der Waals surface area contributed by atoms with E-state index >= 15 is 0 Å². The van der Waals surface area contributed by atoms with E-state index in [0.29, 0.717) is 5.54 Å². The van der Waals surface area contributed by atoms with Crippen molar-refractivity contribution in [2.75, 3.05) is 19.6 Å². The van der Waals surface area contributed by atoms with Gasteiger partial charge in [0, 0.05) is 31.2 Å². The molecule has 0 aromatic carbocycles. The standard InChI is InChI=1S/C11H22N2/c1-11(2,3)13-7-6-12-10(8-13)9-4-5-9/h9-10,12H,4-8H2,1-3H3/t10-/m1/s1. The molecular weight excluding hydrogens is 160 g/mol. The molecule has 2 heteroatoms. The Hall–Kier alpha value is -0.0800. The van der Waals surface area contributed by atoms with E-state index < -0.39 is 0 Å². The molecule has 2 fully saturated rings. The molecule has 0 radical (unpaired) electrons. The van der Waals surface area contributed by atoms with Gasteiger partial charge in [0.25, 0.3) is 0 Å². The van der Waals surface area contributed by atoms with Crippen LogP contribution >= 0.6 is 0 Å². The fraction of sp³-hybridized carbons (Fsp3) is 1.00. The monoisotopic (exact) mass is 182 g/mol. The number of nitrogens with one attached hydrogen (secondary N) is 1. The highest BCUT2D eigenvalue weighted by Crippen LogP contribution is 2.34. The van der Waals surface area contributed by atoms with Crippen LogP contribution in [-0.2, 0) is 0 Å². The first-order valence-electron chi connectivity index (χ1n) is 5.56. The highest BCUT2D eigenvalue weighted by molar-refractivity contribution is 4.93. The van der Waals surface area contributed by atoms with E-state index in [9.17, 15) is 0 Å². The number of hydrogen-bond donors (Lipinski definition) is 1. The Morgan fingerprint density at radius 2 is 1.92 bits per heavy atom. The molecule has 1 saturated carbocycles. The Morgan fingerprint density at radius 1 is 1.23 bits per heavy atom. The third kappa shape index (κ3) is 2.23. The Bertz CT molecular complexity index is 179. The van der Waals surface area contributed by atoms with Gasteiger partial charge in [-0.3, -0.25) is 4.90 Å². The number of piperazine rings is 1. The van der Waals surface area contributed by atoms with Crippen LogP contribution in [0.25, 0.3) is 0 Å². The fourth-order valence-corrected chi connectivity index (χ4v) is 2.20. The van der Waals surface area contributed by atoms with E-state index in [1.54, 1.807) is 0 Å². The van der Waals surface area contributed by atoms with Crippen LogP contribution in [0, 0.1) is 5.92 Å². The number of hydrogen-bond acceptors (Lipinski definition) is 2. The summed E-state index contributed by atoms with van der Waals surface area (Å²) >= 11 is 0. The van der Waals surface area contributed by atoms with Crippen molar-refractivity contribution >= 4 is 0 Å². The van der Waals surface area contributed by atoms with Crippen molar-refractivity contribution in [3.05, 3.63) is 0 Å². The lowest BCUT2D eigenvalue weighted by Crippen LogP contribution is -2.57. The van der Waals surface area contributed by atoms with E-state index in [1.807, 2.05) is 0 Å². The molecule has 1 atom stereocenters. The molecule has 0 spiro atoms. The molecule has 0 unspecified atom stereocenters. The lowest BCUT2D eigenvalue weighted by Gasteiger charge is -2.42. The van der Waals surface area contributed by atoms with E-state index in [-0.39, 0.29) is 0 Å². The third-order valence-corrected chi connectivity index (χ3v) is 3.35. The molecule has 1 N–H and O–H groups in total. The van der Waals surface area contributed by atoms with Gasteiger partial charge < -0.3 is 5.32 Å². The maximum Gasteiger partial charge on any atom is 0.0223 e. The molecule has 2 aliphatic rings. The summed E-state index contributed by atoms with van der Waals surface area (Å²) in [6.45, 7) is 10.6. The van der Waals surface area contributed by atoms with Crippen molar-refractivity contribution in [1.29, 1.82) is 0 Å². The van der Waals surface area contributed by atoms with Gasteiger partial charge in [0.05, 0.1) is 0 Å². The van der Waals surface area contributed by atoms with Crippen molar-refractivity contribution < 1.29 is 0 Å². The topological polar surface area (TPSA) is 15.3 Å². The van der Waals surface area contributed by atoms with Gasteiger partial charge in [-0.25, -0.2) is 0 Å². The van der Waals surface area contributed by atoms with Crippen molar-refractivity contribution in [1.82, 2.24) is 10.2 Å². The number of nitrogens with zero attached hydrogens (tertiary/aromatic N) is 1. The van der Waals surface area contributed by atoms with Gasteiger partial charge in [-0.2, -0.15) is 0 Å². The summed E-state index contributed by atoms with van der Waals surface area (Å²) in [6.07, 6.45) is 2.91. The van der Waals surface area contributed by atoms with Crippen LogP contribution in [0.3, 0.4) is 0 Å². The molecule has 76 valence electrons. The van der Waals surface area contributed by atoms with Crippen molar-refractivity contribution in [3.63, 3.8) is 0 Å². The Kier molecular flexibility index (Phi) is 2.37. The fourth-order valence-electron chi connectivity index (χ4n) is 2.20. The summed E-state index contributed by atoms with van der Waals surface area (Å²) < 4.78 is 0. The van der Waals surface area contributed by atoms with E-state index in [0.717, 1.165) is 12.0 Å². The lowest BCUT2D eigenvalue weighted by atomic mass is 10.0. The Morgan fingerprint density at radius 3 is 2.46 bits per heavy atom. The first-order chi connectivity index (χ1) is 6.07. The van der Waals surface area contributed by atoms with Gasteiger partial charge in [0.1, 0.15) is 0 Å². The van der Waals surface area contributed by atoms with Gasteiger partial charge in [-0.1, -0.05) is 0 Å². The summed E-state index contributed by atoms with van der Waals surface area (Å²) in [4.78, 5) is 2.62. The first kappa shape index (κ1) is 9.47. The van der Waals surface area contributed by atoms with E-state index in [1.165, 1.54) is 32.5 Å². The highest BCUT2D eigenvalue weighted by Gasteiger charge is 2.36. The van der Waals surface area contributed by atoms with Crippen LogP contribution in [0.4, 0.5) is 0 Å². The van der Waals surface area contributed by atoms with Crippen LogP contribution in [0.1, 0.15) is 33.6 Å². The zero-order chi connectivity index (χ0) is 9.47. The molecule has 13 heavy (non-hydrogen) atoms. The molecule has 2 nitrogen and oxygen atoms in total. The minimum atomic E-state index is 0.356. The summed E-state index contributed by atoms with van der Waals surface area (Å²) in [5, 5.41) is 3.64. The van der Waals surface area contributed by atoms with Gasteiger partial charge in [-0.15, -0.1) is 0 Å². The van der Waals surface area contributed by atoms with Gasteiger partial charge in [0.15, 0.2) is 0 Å². The molecular formula is C11H22N2. The minimum absolute atomic E-state index is 0.356. The second-order valence-electron chi connectivity index (χ2n) is 5.51. The summed E-state index contributed by atoms with van der Waals surface area (Å²) in [5.41, 5.74) is 0.356. The minimum Gasteiger partial charge on any atom is -0.311 e. The van der Waals surface area contributed by atoms with Crippen LogP contribution in [0.5, 0.6) is 0 Å². The van der Waals surface area contributed by atoms with Gasteiger partial charge >= 0.3 is 0 Å². The molecule has 1 aliphatic carbocycles. The van der Waals surface area contributed by atoms with Crippen molar-refractivity contribution in [2.24, 2.45) is 5.92 Å². The zero-order valence-corrected chi connectivity index (χ0v) is 9.14. The predicted octanol–water partition coefficient (Wildman–Crippen LogP) is 1.47. The number of rotatable bonds is 1. The quantitative estimate of drug-likeness (QED) is 0.660. The Balaban J connectivity index is 1.91. The molecule has 1 heterocycles. The summed E-state index contributed by atoms with van der Waals surface area (Å²) in [7, 11) is 0. The van der Waals surface area contributed by atoms with Crippen LogP contribution in [-0.4, -0.2) is 36.1 Å². The van der Waals surface area contributed by atoms with Crippen LogP contribution < -0.4 is 5.32 Å². The molecule has 1 saturated heterocycles. The maximum atomic E-state index is 3.64. The third-order valence-electron chi connectivity index (χ3n) is 3.35. The maximum absolute atomic E-state index is 3.64. The normalized spacial score (nSPS) is 32.1. The first-order valence-corrected chi connectivity index (χ1v) is 5.56. The van der Waals surface area contributed by atoms with E-state index in [2.05, 4.69) is 31.0 Å². The van der Waals surface area contributed by atoms with Gasteiger partial charge in [-0.05, 0) is 39.5 Å². The largest absolute Gasteiger partial charge is 0.311 e. The SMILES string of the molecule is CC(C)(C)N1CCN[C@@H](C2CC2)C1. The Labute approximate surface area is 81.7 Å². The summed E-state index contributed by atoms with van der Waals surface area (Å²) in [6, 6.07) is 0.785.